The van der Waals surface area contributed by atoms with E-state index in [1.54, 1.807) is 6.92 Å². The molecule has 0 saturated heterocycles. The molecular formula is C12H16F3NO. The summed E-state index contributed by atoms with van der Waals surface area (Å²) >= 11 is 0. The fourth-order valence-electron chi connectivity index (χ4n) is 1.69. The summed E-state index contributed by atoms with van der Waals surface area (Å²) in [5, 5.41) is 9.32. The summed E-state index contributed by atoms with van der Waals surface area (Å²) in [6.45, 7) is 2.01. The standard InChI is InChI=1S/C12H16F3NO/c1-11(8-17,6-7-16)9-2-4-10(5-3-9)12(13,14)15/h2-5,17H,6-8,16H2,1H3. The minimum Gasteiger partial charge on any atom is -0.395 e. The Labute approximate surface area is 98.3 Å². The molecule has 1 rings (SSSR count). The fourth-order valence-corrected chi connectivity index (χ4v) is 1.69. The third kappa shape index (κ3) is 3.20. The highest BCUT2D eigenvalue weighted by Crippen LogP contribution is 2.32. The summed E-state index contributed by atoms with van der Waals surface area (Å²) < 4.78 is 37.1. The van der Waals surface area contributed by atoms with Gasteiger partial charge in [0, 0.05) is 5.41 Å². The van der Waals surface area contributed by atoms with E-state index in [-0.39, 0.29) is 6.61 Å². The predicted octanol–water partition coefficient (Wildman–Crippen LogP) is 2.30. The third-order valence-electron chi connectivity index (χ3n) is 2.95. The van der Waals surface area contributed by atoms with Crippen molar-refractivity contribution in [3.63, 3.8) is 0 Å². The second kappa shape index (κ2) is 5.06. The average molecular weight is 247 g/mol. The Hall–Kier alpha value is -1.07. The highest BCUT2D eigenvalue weighted by molar-refractivity contribution is 5.30. The summed E-state index contributed by atoms with van der Waals surface area (Å²) in [7, 11) is 0. The Bertz CT molecular complexity index is 361. The van der Waals surface area contributed by atoms with Crippen molar-refractivity contribution in [3.05, 3.63) is 35.4 Å². The van der Waals surface area contributed by atoms with E-state index in [9.17, 15) is 18.3 Å². The van der Waals surface area contributed by atoms with Crippen molar-refractivity contribution in [2.24, 2.45) is 5.73 Å². The predicted molar refractivity (Wildman–Crippen MR) is 59.6 cm³/mol. The van der Waals surface area contributed by atoms with Gasteiger partial charge in [-0.05, 0) is 30.7 Å². The molecule has 3 N–H and O–H groups in total. The number of rotatable bonds is 4. The number of nitrogens with two attached hydrogens (primary N) is 1. The molecule has 0 heterocycles. The smallest absolute Gasteiger partial charge is 0.395 e. The first-order chi connectivity index (χ1) is 7.83. The summed E-state index contributed by atoms with van der Waals surface area (Å²) in [5.41, 5.74) is 4.83. The van der Waals surface area contributed by atoms with Crippen molar-refractivity contribution in [2.45, 2.75) is 24.9 Å². The van der Waals surface area contributed by atoms with Gasteiger partial charge in [0.05, 0.1) is 12.2 Å². The van der Waals surface area contributed by atoms with Gasteiger partial charge in [0.25, 0.3) is 0 Å². The van der Waals surface area contributed by atoms with E-state index in [0.717, 1.165) is 12.1 Å². The van der Waals surface area contributed by atoms with Crippen LogP contribution in [-0.2, 0) is 11.6 Å². The maximum Gasteiger partial charge on any atom is 0.416 e. The van der Waals surface area contributed by atoms with Gasteiger partial charge in [-0.15, -0.1) is 0 Å². The molecule has 0 radical (unpaired) electrons. The normalized spacial score (nSPS) is 15.6. The molecule has 1 unspecified atom stereocenters. The number of aliphatic hydroxyl groups is 1. The van der Waals surface area contributed by atoms with Crippen molar-refractivity contribution in [3.8, 4) is 0 Å². The first-order valence-corrected chi connectivity index (χ1v) is 5.32. The van der Waals surface area contributed by atoms with E-state index in [1.165, 1.54) is 12.1 Å². The SMILES string of the molecule is CC(CO)(CCN)c1ccc(C(F)(F)F)cc1. The van der Waals surface area contributed by atoms with Crippen LogP contribution in [0.4, 0.5) is 13.2 Å². The lowest BCUT2D eigenvalue weighted by atomic mass is 9.80. The maximum absolute atomic E-state index is 12.4. The molecule has 2 nitrogen and oxygen atoms in total. The molecule has 0 saturated carbocycles. The van der Waals surface area contributed by atoms with Gasteiger partial charge in [-0.1, -0.05) is 19.1 Å². The highest BCUT2D eigenvalue weighted by atomic mass is 19.4. The lowest BCUT2D eigenvalue weighted by molar-refractivity contribution is -0.137. The molecule has 5 heteroatoms. The average Bonchev–Trinajstić information content (AvgIpc) is 2.28. The number of alkyl halides is 3. The lowest BCUT2D eigenvalue weighted by Gasteiger charge is -2.27. The monoisotopic (exact) mass is 247 g/mol. The van der Waals surface area contributed by atoms with Crippen LogP contribution < -0.4 is 5.73 Å². The first-order valence-electron chi connectivity index (χ1n) is 5.32. The van der Waals surface area contributed by atoms with Crippen molar-refractivity contribution >= 4 is 0 Å². The van der Waals surface area contributed by atoms with Gasteiger partial charge in [-0.2, -0.15) is 13.2 Å². The van der Waals surface area contributed by atoms with Crippen LogP contribution in [0.15, 0.2) is 24.3 Å². The van der Waals surface area contributed by atoms with E-state index in [2.05, 4.69) is 0 Å². The number of benzene rings is 1. The minimum atomic E-state index is -4.33. The van der Waals surface area contributed by atoms with Gasteiger partial charge in [0.2, 0.25) is 0 Å². The summed E-state index contributed by atoms with van der Waals surface area (Å²) in [6, 6.07) is 4.85. The first kappa shape index (κ1) is 14.0. The molecular weight excluding hydrogens is 231 g/mol. The molecule has 0 amide bonds. The molecule has 1 aromatic rings. The van der Waals surface area contributed by atoms with Crippen LogP contribution in [0, 0.1) is 0 Å². The van der Waals surface area contributed by atoms with Crippen LogP contribution in [-0.4, -0.2) is 18.3 Å². The third-order valence-corrected chi connectivity index (χ3v) is 2.95. The van der Waals surface area contributed by atoms with Crippen LogP contribution in [0.5, 0.6) is 0 Å². The van der Waals surface area contributed by atoms with Gasteiger partial charge in [-0.3, -0.25) is 0 Å². The second-order valence-electron chi connectivity index (χ2n) is 4.33. The molecule has 0 aliphatic heterocycles. The fraction of sp³-hybridized carbons (Fsp3) is 0.500. The number of hydrogen-bond donors (Lipinski definition) is 2. The second-order valence-corrected chi connectivity index (χ2v) is 4.33. The maximum atomic E-state index is 12.4. The lowest BCUT2D eigenvalue weighted by Crippen LogP contribution is -2.29. The molecule has 96 valence electrons. The topological polar surface area (TPSA) is 46.2 Å². The van der Waals surface area contributed by atoms with E-state index < -0.39 is 17.2 Å². The Morgan fingerprint density at radius 2 is 1.59 bits per heavy atom. The van der Waals surface area contributed by atoms with Crippen LogP contribution in [0.3, 0.4) is 0 Å². The van der Waals surface area contributed by atoms with Gasteiger partial charge in [0.15, 0.2) is 0 Å². The molecule has 0 aliphatic carbocycles. The highest BCUT2D eigenvalue weighted by Gasteiger charge is 2.31. The zero-order valence-corrected chi connectivity index (χ0v) is 9.59. The summed E-state index contributed by atoms with van der Waals surface area (Å²) in [5.74, 6) is 0. The van der Waals surface area contributed by atoms with Crippen molar-refractivity contribution < 1.29 is 18.3 Å². The Morgan fingerprint density at radius 3 is 1.94 bits per heavy atom. The molecule has 1 atom stereocenters. The molecule has 0 aliphatic rings. The van der Waals surface area contributed by atoms with Crippen LogP contribution >= 0.6 is 0 Å². The Morgan fingerprint density at radius 1 is 1.12 bits per heavy atom. The van der Waals surface area contributed by atoms with E-state index in [0.29, 0.717) is 18.5 Å². The zero-order valence-electron chi connectivity index (χ0n) is 9.59. The van der Waals surface area contributed by atoms with Gasteiger partial charge in [-0.25, -0.2) is 0 Å². The number of halogens is 3. The number of hydrogen-bond acceptors (Lipinski definition) is 2. The van der Waals surface area contributed by atoms with Crippen LogP contribution in [0.25, 0.3) is 0 Å². The zero-order chi connectivity index (χ0) is 13.1. The molecule has 0 spiro atoms. The Balaban J connectivity index is 3.01. The van der Waals surface area contributed by atoms with Crippen molar-refractivity contribution in [2.75, 3.05) is 13.2 Å². The van der Waals surface area contributed by atoms with Gasteiger partial charge < -0.3 is 10.8 Å². The summed E-state index contributed by atoms with van der Waals surface area (Å²) in [6.07, 6.45) is -3.81. The van der Waals surface area contributed by atoms with E-state index >= 15 is 0 Å². The molecule has 17 heavy (non-hydrogen) atoms. The van der Waals surface area contributed by atoms with Gasteiger partial charge in [0.1, 0.15) is 0 Å². The van der Waals surface area contributed by atoms with Crippen LogP contribution in [0.1, 0.15) is 24.5 Å². The van der Waals surface area contributed by atoms with E-state index in [1.807, 2.05) is 0 Å². The van der Waals surface area contributed by atoms with E-state index in [4.69, 9.17) is 5.73 Å². The number of aliphatic hydroxyl groups excluding tert-OH is 1. The molecule has 1 aromatic carbocycles. The minimum absolute atomic E-state index is 0.143. The Kier molecular flexibility index (Phi) is 4.16. The van der Waals surface area contributed by atoms with Crippen molar-refractivity contribution in [1.82, 2.24) is 0 Å². The largest absolute Gasteiger partial charge is 0.416 e. The molecule has 0 bridgehead atoms. The quantitative estimate of drug-likeness (QED) is 0.857. The molecule has 0 fully saturated rings. The van der Waals surface area contributed by atoms with Crippen molar-refractivity contribution in [1.29, 1.82) is 0 Å². The summed E-state index contributed by atoms with van der Waals surface area (Å²) in [4.78, 5) is 0. The molecule has 0 aromatic heterocycles. The van der Waals surface area contributed by atoms with Crippen LogP contribution in [0.2, 0.25) is 0 Å². The van der Waals surface area contributed by atoms with Gasteiger partial charge >= 0.3 is 6.18 Å².